The molecule has 1 amide bonds. The fourth-order valence-corrected chi connectivity index (χ4v) is 5.55. The fourth-order valence-electron chi connectivity index (χ4n) is 5.55. The maximum atomic E-state index is 14.4. The monoisotopic (exact) mass is 515 g/mol. The van der Waals surface area contributed by atoms with Crippen LogP contribution in [-0.2, 0) is 36.2 Å². The van der Waals surface area contributed by atoms with Crippen molar-refractivity contribution in [2.75, 3.05) is 13.2 Å². The van der Waals surface area contributed by atoms with E-state index in [2.05, 4.69) is 0 Å². The molecule has 7 heteroatoms. The molecular weight excluding hydrogens is 482 g/mol. The van der Waals surface area contributed by atoms with E-state index < -0.39 is 28.7 Å². The van der Waals surface area contributed by atoms with Gasteiger partial charge in [-0.05, 0) is 37.5 Å². The summed E-state index contributed by atoms with van der Waals surface area (Å²) in [5.74, 6) is -3.56. The molecule has 5 rings (SSSR count). The van der Waals surface area contributed by atoms with Crippen LogP contribution in [-0.4, -0.2) is 40.8 Å². The van der Waals surface area contributed by atoms with E-state index in [1.54, 1.807) is 11.8 Å². The minimum atomic E-state index is -2.19. The number of hydrogen-bond donors (Lipinski definition) is 1. The van der Waals surface area contributed by atoms with Crippen molar-refractivity contribution >= 4 is 11.9 Å². The lowest BCUT2D eigenvalue weighted by molar-refractivity contribution is -0.509. The Labute approximate surface area is 222 Å². The molecule has 0 aliphatic carbocycles. The molecule has 2 aliphatic heterocycles. The highest BCUT2D eigenvalue weighted by Crippen LogP contribution is 2.57. The number of aliphatic hydroxyl groups is 1. The Morgan fingerprint density at radius 2 is 1.50 bits per heavy atom. The fraction of sp³-hybridized carbons (Fsp3) is 0.355. The molecule has 2 fully saturated rings. The molecular formula is C31H33NO6. The molecule has 2 atom stereocenters. The summed E-state index contributed by atoms with van der Waals surface area (Å²) in [6.45, 7) is 6.16. The summed E-state index contributed by atoms with van der Waals surface area (Å²) in [5, 5.41) is 11.8. The number of amides is 1. The van der Waals surface area contributed by atoms with Gasteiger partial charge in [0.1, 0.15) is 0 Å². The summed E-state index contributed by atoms with van der Waals surface area (Å²) in [4.78, 5) is 41.8. The summed E-state index contributed by atoms with van der Waals surface area (Å²) in [5.41, 5.74) is 1.00. The molecule has 1 N–H and O–H groups in total. The molecule has 38 heavy (non-hydrogen) atoms. The van der Waals surface area contributed by atoms with Crippen molar-refractivity contribution in [2.45, 2.75) is 51.5 Å². The van der Waals surface area contributed by atoms with Crippen molar-refractivity contribution in [1.82, 2.24) is 4.90 Å². The number of esters is 1. The summed E-state index contributed by atoms with van der Waals surface area (Å²) < 4.78 is 5.50. The van der Waals surface area contributed by atoms with Crippen LogP contribution in [0.5, 0.6) is 0 Å². The standard InChI is InChI=1S/C31H33NO6/c1-4-36-28(34)29-21-30(25-14-10-22(2)11-15-25,26-16-12-23(3)13-17-26)37-38-31(29,35)18-19-32(27(29)33)20-24-8-6-5-7-9-24/h5-17,35H,4,18-21H2,1-3H3. The lowest BCUT2D eigenvalue weighted by Gasteiger charge is -2.55. The van der Waals surface area contributed by atoms with Gasteiger partial charge in [0, 0.05) is 25.9 Å². The lowest BCUT2D eigenvalue weighted by Crippen LogP contribution is -2.72. The zero-order valence-electron chi connectivity index (χ0n) is 22.0. The Morgan fingerprint density at radius 3 is 2.05 bits per heavy atom. The SMILES string of the molecule is CCOC(=O)C12CC(c3ccc(C)cc3)(c3ccc(C)cc3)OOC1(O)CCN(Cc1ccccc1)C2=O. The third kappa shape index (κ3) is 4.21. The quantitative estimate of drug-likeness (QED) is 0.294. The molecule has 0 aromatic heterocycles. The van der Waals surface area contributed by atoms with Crippen LogP contribution in [0.2, 0.25) is 0 Å². The van der Waals surface area contributed by atoms with Gasteiger partial charge in [0.05, 0.1) is 6.61 Å². The lowest BCUT2D eigenvalue weighted by atomic mass is 9.63. The van der Waals surface area contributed by atoms with E-state index in [1.807, 2.05) is 92.7 Å². The van der Waals surface area contributed by atoms with Crippen LogP contribution < -0.4 is 0 Å². The minimum absolute atomic E-state index is 0.0116. The Kier molecular flexibility index (Phi) is 6.86. The molecule has 0 saturated carbocycles. The van der Waals surface area contributed by atoms with Crippen LogP contribution >= 0.6 is 0 Å². The van der Waals surface area contributed by atoms with E-state index in [0.717, 1.165) is 16.7 Å². The number of piperidine rings is 1. The summed E-state index contributed by atoms with van der Waals surface area (Å²) in [6, 6.07) is 24.9. The predicted molar refractivity (Wildman–Crippen MR) is 140 cm³/mol. The third-order valence-corrected chi connectivity index (χ3v) is 7.75. The van der Waals surface area contributed by atoms with Crippen LogP contribution in [0.3, 0.4) is 0 Å². The van der Waals surface area contributed by atoms with Gasteiger partial charge in [0.25, 0.3) is 0 Å². The van der Waals surface area contributed by atoms with Gasteiger partial charge in [0.15, 0.2) is 5.60 Å². The molecule has 2 unspecified atom stereocenters. The van der Waals surface area contributed by atoms with Crippen LogP contribution in [0.1, 0.15) is 47.6 Å². The number of nitrogens with zero attached hydrogens (tertiary/aromatic N) is 1. The van der Waals surface area contributed by atoms with Crippen LogP contribution in [0.15, 0.2) is 78.9 Å². The highest BCUT2D eigenvalue weighted by atomic mass is 17.2. The van der Waals surface area contributed by atoms with Gasteiger partial charge in [-0.25, -0.2) is 4.89 Å². The number of fused-ring (bicyclic) bond motifs is 1. The molecule has 0 bridgehead atoms. The van der Waals surface area contributed by atoms with E-state index in [0.29, 0.717) is 17.7 Å². The van der Waals surface area contributed by atoms with Gasteiger partial charge in [-0.1, -0.05) is 90.0 Å². The summed E-state index contributed by atoms with van der Waals surface area (Å²) in [7, 11) is 0. The molecule has 0 spiro atoms. The Bertz CT molecular complexity index is 1260. The number of likely N-dealkylation sites (tertiary alicyclic amines) is 1. The third-order valence-electron chi connectivity index (χ3n) is 7.75. The van der Waals surface area contributed by atoms with Crippen LogP contribution in [0.4, 0.5) is 0 Å². The molecule has 0 radical (unpaired) electrons. The number of ether oxygens (including phenoxy) is 1. The second-order valence-electron chi connectivity index (χ2n) is 10.3. The number of hydrogen-bond acceptors (Lipinski definition) is 6. The molecule has 2 aliphatic rings. The van der Waals surface area contributed by atoms with E-state index >= 15 is 0 Å². The van der Waals surface area contributed by atoms with Crippen molar-refractivity contribution in [3.8, 4) is 0 Å². The number of carbonyl (C=O) groups is 2. The van der Waals surface area contributed by atoms with Gasteiger partial charge in [-0.3, -0.25) is 9.59 Å². The molecule has 2 saturated heterocycles. The van der Waals surface area contributed by atoms with Gasteiger partial charge in [0.2, 0.25) is 17.1 Å². The van der Waals surface area contributed by atoms with E-state index in [-0.39, 0.29) is 26.0 Å². The smallest absolute Gasteiger partial charge is 0.327 e. The van der Waals surface area contributed by atoms with Crippen molar-refractivity contribution in [2.24, 2.45) is 5.41 Å². The van der Waals surface area contributed by atoms with E-state index in [4.69, 9.17) is 14.5 Å². The van der Waals surface area contributed by atoms with Crippen molar-refractivity contribution in [3.05, 3.63) is 107 Å². The topological polar surface area (TPSA) is 85.3 Å². The van der Waals surface area contributed by atoms with Crippen molar-refractivity contribution < 1.29 is 29.2 Å². The summed E-state index contributed by atoms with van der Waals surface area (Å²) in [6.07, 6.45) is -0.201. The average Bonchev–Trinajstić information content (AvgIpc) is 2.92. The second kappa shape index (κ2) is 9.98. The van der Waals surface area contributed by atoms with E-state index in [9.17, 15) is 14.7 Å². The van der Waals surface area contributed by atoms with Crippen LogP contribution in [0, 0.1) is 19.3 Å². The van der Waals surface area contributed by atoms with Crippen molar-refractivity contribution in [3.63, 3.8) is 0 Å². The van der Waals surface area contributed by atoms with Gasteiger partial charge in [-0.2, -0.15) is 4.89 Å². The zero-order chi connectivity index (χ0) is 27.0. The first kappa shape index (κ1) is 26.1. The number of rotatable bonds is 6. The molecule has 7 nitrogen and oxygen atoms in total. The number of aryl methyl sites for hydroxylation is 2. The summed E-state index contributed by atoms with van der Waals surface area (Å²) >= 11 is 0. The normalized spacial score (nSPS) is 24.5. The van der Waals surface area contributed by atoms with Gasteiger partial charge < -0.3 is 14.7 Å². The van der Waals surface area contributed by atoms with Crippen molar-refractivity contribution in [1.29, 1.82) is 0 Å². The largest absolute Gasteiger partial charge is 0.465 e. The minimum Gasteiger partial charge on any atom is -0.465 e. The zero-order valence-corrected chi connectivity index (χ0v) is 22.0. The Balaban J connectivity index is 1.67. The first-order chi connectivity index (χ1) is 18.2. The second-order valence-corrected chi connectivity index (χ2v) is 10.3. The highest BCUT2D eigenvalue weighted by Gasteiger charge is 2.73. The molecule has 2 heterocycles. The maximum Gasteiger partial charge on any atom is 0.327 e. The first-order valence-corrected chi connectivity index (χ1v) is 13.0. The highest BCUT2D eigenvalue weighted by molar-refractivity contribution is 6.05. The molecule has 3 aromatic carbocycles. The first-order valence-electron chi connectivity index (χ1n) is 13.0. The number of carbonyl (C=O) groups excluding carboxylic acids is 2. The van der Waals surface area contributed by atoms with Crippen LogP contribution in [0.25, 0.3) is 0 Å². The average molecular weight is 516 g/mol. The van der Waals surface area contributed by atoms with Gasteiger partial charge in [-0.15, -0.1) is 0 Å². The Morgan fingerprint density at radius 1 is 0.921 bits per heavy atom. The van der Waals surface area contributed by atoms with E-state index in [1.165, 1.54) is 0 Å². The van der Waals surface area contributed by atoms with Gasteiger partial charge >= 0.3 is 5.97 Å². The molecule has 198 valence electrons. The predicted octanol–water partition coefficient (Wildman–Crippen LogP) is 4.57. The maximum absolute atomic E-state index is 14.4. The molecule has 3 aromatic rings. The number of benzene rings is 3. The Hall–Kier alpha value is -3.52.